The summed E-state index contributed by atoms with van der Waals surface area (Å²) in [4.78, 5) is 39.4. The van der Waals surface area contributed by atoms with Gasteiger partial charge in [0.15, 0.2) is 0 Å². The molecule has 1 aromatic rings. The van der Waals surface area contributed by atoms with Gasteiger partial charge in [0, 0.05) is 5.56 Å². The van der Waals surface area contributed by atoms with Crippen LogP contribution in [0.25, 0.3) is 0 Å². The van der Waals surface area contributed by atoms with Crippen molar-refractivity contribution in [3.05, 3.63) is 27.2 Å². The Morgan fingerprint density at radius 1 is 1.36 bits per heavy atom. The first-order valence-corrected chi connectivity index (χ1v) is 7.84. The van der Waals surface area contributed by atoms with E-state index in [0.29, 0.717) is 4.73 Å². The maximum atomic E-state index is 12.2. The highest BCUT2D eigenvalue weighted by Crippen LogP contribution is 2.54. The van der Waals surface area contributed by atoms with Crippen LogP contribution in [0, 0.1) is 0 Å². The number of nitrogens with zero attached hydrogens (tertiary/aromatic N) is 1. The summed E-state index contributed by atoms with van der Waals surface area (Å²) in [5.41, 5.74) is -1.64. The molecule has 1 aromatic heterocycles. The minimum absolute atomic E-state index is 0.0157. The first kappa shape index (κ1) is 16.1. The van der Waals surface area contributed by atoms with Crippen LogP contribution in [-0.2, 0) is 16.3 Å². The van der Waals surface area contributed by atoms with Crippen LogP contribution in [0.1, 0.15) is 21.6 Å². The van der Waals surface area contributed by atoms with Gasteiger partial charge in [0.05, 0.1) is 17.2 Å². The lowest BCUT2D eigenvalue weighted by molar-refractivity contribution is -0.135. The topological polar surface area (TPSA) is 158 Å². The van der Waals surface area contributed by atoms with Crippen molar-refractivity contribution >= 4 is 22.5 Å². The lowest BCUT2D eigenvalue weighted by atomic mass is 10.1. The van der Waals surface area contributed by atoms with Gasteiger partial charge in [-0.05, 0) is 0 Å². The Labute approximate surface area is 125 Å². The van der Waals surface area contributed by atoms with Gasteiger partial charge in [-0.15, -0.1) is 4.73 Å². The molecular weight excluding hydrogens is 320 g/mol. The van der Waals surface area contributed by atoms with E-state index < -0.39 is 45.9 Å². The third-order valence-corrected chi connectivity index (χ3v) is 4.55. The second kappa shape index (κ2) is 5.51. The van der Waals surface area contributed by atoms with E-state index in [1.807, 2.05) is 5.32 Å². The number of nitrogens with one attached hydrogen (secondary N) is 1. The SMILES string of the molecule is COn1c2c(c(O)c(C(=O)NCC(=O)O)c1=O)CS(O)(O)C2. The Hall–Kier alpha value is -2.24. The Bertz CT molecular complexity index is 711. The van der Waals surface area contributed by atoms with Crippen LogP contribution < -0.4 is 15.7 Å². The van der Waals surface area contributed by atoms with E-state index in [9.17, 15) is 28.6 Å². The summed E-state index contributed by atoms with van der Waals surface area (Å²) in [7, 11) is -1.93. The van der Waals surface area contributed by atoms with E-state index in [0.717, 1.165) is 7.11 Å². The molecule has 1 amide bonds. The highest BCUT2D eigenvalue weighted by Gasteiger charge is 2.35. The lowest BCUT2D eigenvalue weighted by Crippen LogP contribution is -2.38. The molecule has 1 aliphatic heterocycles. The van der Waals surface area contributed by atoms with Crippen molar-refractivity contribution in [3.8, 4) is 5.75 Å². The van der Waals surface area contributed by atoms with Gasteiger partial charge in [-0.1, -0.05) is 0 Å². The third-order valence-electron chi connectivity index (χ3n) is 3.07. The van der Waals surface area contributed by atoms with Crippen LogP contribution in [0.2, 0.25) is 0 Å². The predicted molar refractivity (Wildman–Crippen MR) is 75.1 cm³/mol. The second-order valence-electron chi connectivity index (χ2n) is 4.60. The number of hydrogen-bond donors (Lipinski definition) is 5. The van der Waals surface area contributed by atoms with Gasteiger partial charge in [-0.3, -0.25) is 23.5 Å². The maximum absolute atomic E-state index is 12.2. The average molecular weight is 334 g/mol. The number of carbonyl (C=O) groups is 2. The fourth-order valence-corrected chi connectivity index (χ4v) is 3.77. The molecule has 5 N–H and O–H groups in total. The molecule has 2 rings (SSSR count). The van der Waals surface area contributed by atoms with Crippen molar-refractivity contribution in [1.82, 2.24) is 10.0 Å². The normalized spacial score (nSPS) is 16.7. The van der Waals surface area contributed by atoms with E-state index in [1.165, 1.54) is 0 Å². The van der Waals surface area contributed by atoms with E-state index in [2.05, 4.69) is 0 Å². The van der Waals surface area contributed by atoms with E-state index >= 15 is 0 Å². The van der Waals surface area contributed by atoms with Crippen LogP contribution >= 0.6 is 10.6 Å². The van der Waals surface area contributed by atoms with Crippen molar-refractivity contribution in [2.45, 2.75) is 11.5 Å². The van der Waals surface area contributed by atoms with Gasteiger partial charge in [-0.2, -0.15) is 10.6 Å². The largest absolute Gasteiger partial charge is 0.506 e. The van der Waals surface area contributed by atoms with Gasteiger partial charge in [-0.25, -0.2) is 0 Å². The van der Waals surface area contributed by atoms with E-state index in [4.69, 9.17) is 9.94 Å². The molecule has 0 fully saturated rings. The monoisotopic (exact) mass is 334 g/mol. The number of pyridine rings is 1. The Balaban J connectivity index is 2.56. The van der Waals surface area contributed by atoms with Gasteiger partial charge in [0.1, 0.15) is 25.0 Å². The molecule has 10 nitrogen and oxygen atoms in total. The van der Waals surface area contributed by atoms with Crippen molar-refractivity contribution < 1.29 is 33.7 Å². The standard InChI is InChI=1S/C11H14N2O8S/c1-21-13-6-4-22(19,20)3-5(6)9(16)8(11(13)18)10(17)12-2-7(14)15/h16,19-20H,2-4H2,1H3,(H,12,17)(H,14,15). The number of hydrogen-bond acceptors (Lipinski definition) is 7. The second-order valence-corrected chi connectivity index (χ2v) is 6.78. The summed E-state index contributed by atoms with van der Waals surface area (Å²) < 4.78 is 20.2. The minimum Gasteiger partial charge on any atom is -0.506 e. The predicted octanol–water partition coefficient (Wildman–Crippen LogP) is -0.809. The minimum atomic E-state index is -3.07. The van der Waals surface area contributed by atoms with E-state index in [-0.39, 0.29) is 22.8 Å². The van der Waals surface area contributed by atoms with Crippen LogP contribution in [0.15, 0.2) is 4.79 Å². The summed E-state index contributed by atoms with van der Waals surface area (Å²) in [5.74, 6) is -3.72. The molecule has 0 spiro atoms. The van der Waals surface area contributed by atoms with Crippen molar-refractivity contribution in [1.29, 1.82) is 0 Å². The summed E-state index contributed by atoms with van der Waals surface area (Å²) in [5, 5.41) is 20.6. The maximum Gasteiger partial charge on any atom is 0.322 e. The van der Waals surface area contributed by atoms with Crippen molar-refractivity contribution in [2.24, 2.45) is 0 Å². The Morgan fingerprint density at radius 3 is 2.55 bits per heavy atom. The molecule has 0 bridgehead atoms. The van der Waals surface area contributed by atoms with E-state index in [1.54, 1.807) is 0 Å². The highest BCUT2D eigenvalue weighted by atomic mass is 32.3. The highest BCUT2D eigenvalue weighted by molar-refractivity contribution is 8.23. The zero-order valence-electron chi connectivity index (χ0n) is 11.4. The molecule has 0 unspecified atom stereocenters. The molecule has 11 heteroatoms. The molecular formula is C11H14N2O8S. The number of carboxylic acid groups (broad SMARTS) is 1. The number of rotatable bonds is 4. The Kier molecular flexibility index (Phi) is 4.04. The molecule has 0 aromatic carbocycles. The number of aliphatic carboxylic acids is 1. The molecule has 0 saturated carbocycles. The van der Waals surface area contributed by atoms with Gasteiger partial charge in [0.25, 0.3) is 11.5 Å². The van der Waals surface area contributed by atoms with Crippen LogP contribution in [0.3, 0.4) is 0 Å². The molecule has 0 radical (unpaired) electrons. The average Bonchev–Trinajstić information content (AvgIpc) is 2.73. The quantitative estimate of drug-likeness (QED) is 0.478. The molecule has 122 valence electrons. The summed E-state index contributed by atoms with van der Waals surface area (Å²) in [6.07, 6.45) is 0. The zero-order valence-corrected chi connectivity index (χ0v) is 12.2. The fourth-order valence-electron chi connectivity index (χ4n) is 2.18. The van der Waals surface area contributed by atoms with Crippen LogP contribution in [0.5, 0.6) is 5.75 Å². The number of carboxylic acids is 1. The number of aromatic nitrogens is 1. The third kappa shape index (κ3) is 2.73. The number of aromatic hydroxyl groups is 1. The number of amides is 1. The number of fused-ring (bicyclic) bond motifs is 1. The van der Waals surface area contributed by atoms with Crippen LogP contribution in [-0.4, -0.2) is 49.6 Å². The first-order valence-electron chi connectivity index (χ1n) is 5.95. The van der Waals surface area contributed by atoms with Gasteiger partial charge >= 0.3 is 5.97 Å². The molecule has 0 saturated heterocycles. The lowest BCUT2D eigenvalue weighted by Gasteiger charge is -2.24. The summed E-state index contributed by atoms with van der Waals surface area (Å²) in [6.45, 7) is -0.739. The Morgan fingerprint density at radius 2 is 2.00 bits per heavy atom. The zero-order chi connectivity index (χ0) is 16.7. The number of carbonyl (C=O) groups excluding carboxylic acids is 1. The molecule has 2 heterocycles. The molecule has 22 heavy (non-hydrogen) atoms. The van der Waals surface area contributed by atoms with Crippen molar-refractivity contribution in [2.75, 3.05) is 13.7 Å². The summed E-state index contributed by atoms with van der Waals surface area (Å²) >= 11 is 0. The van der Waals surface area contributed by atoms with Gasteiger partial charge < -0.3 is 20.4 Å². The first-order chi connectivity index (χ1) is 10.2. The van der Waals surface area contributed by atoms with Crippen molar-refractivity contribution in [3.63, 3.8) is 0 Å². The molecule has 0 aliphatic carbocycles. The van der Waals surface area contributed by atoms with Gasteiger partial charge in [0.2, 0.25) is 0 Å². The molecule has 1 aliphatic rings. The smallest absolute Gasteiger partial charge is 0.322 e. The summed E-state index contributed by atoms with van der Waals surface area (Å²) in [6, 6.07) is 0. The fraction of sp³-hybridized carbons (Fsp3) is 0.364. The molecule has 0 atom stereocenters. The van der Waals surface area contributed by atoms with Crippen LogP contribution in [0.4, 0.5) is 0 Å².